The Morgan fingerprint density at radius 3 is 2.57 bits per heavy atom. The number of halogens is 4. The maximum atomic E-state index is 12.4. The topological polar surface area (TPSA) is 12.0 Å². The lowest BCUT2D eigenvalue weighted by molar-refractivity contribution is -0.182. The molecule has 2 unspecified atom stereocenters. The normalized spacial score (nSPS) is 25.3. The van der Waals surface area contributed by atoms with E-state index in [1.54, 1.807) is 0 Å². The van der Waals surface area contributed by atoms with Crippen LogP contribution in [-0.4, -0.2) is 24.9 Å². The van der Waals surface area contributed by atoms with Crippen molar-refractivity contribution in [2.75, 3.05) is 6.54 Å². The molecule has 0 aromatic carbocycles. The standard InChI is InChI=1S/C9H15F4N/c10-8(9(11,12)13)5-1-3-7-4-2-6-14-7/h7-8,14H,1-6H2. The molecule has 0 saturated carbocycles. The third kappa shape index (κ3) is 3.82. The Bertz CT molecular complexity index is 163. The van der Waals surface area contributed by atoms with Crippen LogP contribution in [0.1, 0.15) is 32.1 Å². The Morgan fingerprint density at radius 1 is 1.36 bits per heavy atom. The molecule has 14 heavy (non-hydrogen) atoms. The number of rotatable bonds is 4. The Kier molecular flexibility index (Phi) is 4.16. The van der Waals surface area contributed by atoms with Gasteiger partial charge in [-0.25, -0.2) is 4.39 Å². The molecule has 1 aliphatic heterocycles. The van der Waals surface area contributed by atoms with Gasteiger partial charge in [0.25, 0.3) is 0 Å². The summed E-state index contributed by atoms with van der Waals surface area (Å²) >= 11 is 0. The summed E-state index contributed by atoms with van der Waals surface area (Å²) in [5.41, 5.74) is 0. The molecule has 1 aliphatic rings. The SMILES string of the molecule is FC(CCCC1CCCN1)C(F)(F)F. The third-order valence-corrected chi connectivity index (χ3v) is 2.53. The Labute approximate surface area is 80.9 Å². The summed E-state index contributed by atoms with van der Waals surface area (Å²) in [5, 5.41) is 3.17. The van der Waals surface area contributed by atoms with E-state index in [1.165, 1.54) is 0 Å². The van der Waals surface area contributed by atoms with Crippen LogP contribution in [0.2, 0.25) is 0 Å². The van der Waals surface area contributed by atoms with E-state index in [1.807, 2.05) is 0 Å². The van der Waals surface area contributed by atoms with E-state index in [2.05, 4.69) is 5.32 Å². The Hall–Kier alpha value is -0.320. The average molecular weight is 213 g/mol. The first-order valence-electron chi connectivity index (χ1n) is 4.94. The lowest BCUT2D eigenvalue weighted by Crippen LogP contribution is -2.26. The van der Waals surface area contributed by atoms with Crippen molar-refractivity contribution >= 4 is 0 Å². The highest BCUT2D eigenvalue weighted by Crippen LogP contribution is 2.27. The van der Waals surface area contributed by atoms with Gasteiger partial charge in [-0.2, -0.15) is 13.2 Å². The minimum absolute atomic E-state index is 0.301. The van der Waals surface area contributed by atoms with E-state index in [9.17, 15) is 17.6 Å². The highest BCUT2D eigenvalue weighted by Gasteiger charge is 2.39. The highest BCUT2D eigenvalue weighted by atomic mass is 19.4. The molecule has 0 aromatic heterocycles. The summed E-state index contributed by atoms with van der Waals surface area (Å²) in [6, 6.07) is 0.301. The zero-order valence-corrected chi connectivity index (χ0v) is 7.91. The Balaban J connectivity index is 2.08. The molecule has 1 nitrogen and oxygen atoms in total. The minimum atomic E-state index is -4.68. The first-order chi connectivity index (χ1) is 6.50. The van der Waals surface area contributed by atoms with E-state index >= 15 is 0 Å². The second-order valence-electron chi connectivity index (χ2n) is 3.73. The summed E-state index contributed by atoms with van der Waals surface area (Å²) in [4.78, 5) is 0. The van der Waals surface area contributed by atoms with Crippen LogP contribution < -0.4 is 5.32 Å². The Morgan fingerprint density at radius 2 is 2.07 bits per heavy atom. The fraction of sp³-hybridized carbons (Fsp3) is 1.00. The van der Waals surface area contributed by atoms with E-state index in [-0.39, 0.29) is 0 Å². The molecule has 1 saturated heterocycles. The van der Waals surface area contributed by atoms with Gasteiger partial charge in [0.2, 0.25) is 0 Å². The lowest BCUT2D eigenvalue weighted by Gasteiger charge is -2.13. The molecular weight excluding hydrogens is 198 g/mol. The van der Waals surface area contributed by atoms with Gasteiger partial charge in [0, 0.05) is 6.04 Å². The molecule has 0 radical (unpaired) electrons. The fourth-order valence-corrected chi connectivity index (χ4v) is 1.71. The van der Waals surface area contributed by atoms with Crippen molar-refractivity contribution in [3.05, 3.63) is 0 Å². The van der Waals surface area contributed by atoms with Crippen molar-refractivity contribution in [2.45, 2.75) is 50.5 Å². The highest BCUT2D eigenvalue weighted by molar-refractivity contribution is 4.75. The van der Waals surface area contributed by atoms with Crippen LogP contribution in [0.5, 0.6) is 0 Å². The van der Waals surface area contributed by atoms with Gasteiger partial charge < -0.3 is 5.32 Å². The summed E-state index contributed by atoms with van der Waals surface area (Å²) in [6.45, 7) is 0.934. The summed E-state index contributed by atoms with van der Waals surface area (Å²) in [7, 11) is 0. The van der Waals surface area contributed by atoms with Crippen molar-refractivity contribution < 1.29 is 17.6 Å². The van der Waals surface area contributed by atoms with Crippen molar-refractivity contribution in [3.63, 3.8) is 0 Å². The number of alkyl halides is 4. The molecule has 1 heterocycles. The van der Waals surface area contributed by atoms with E-state index in [4.69, 9.17) is 0 Å². The van der Waals surface area contributed by atoms with Crippen LogP contribution in [0.4, 0.5) is 17.6 Å². The summed E-state index contributed by atoms with van der Waals surface area (Å²) < 4.78 is 47.7. The largest absolute Gasteiger partial charge is 0.419 e. The van der Waals surface area contributed by atoms with Crippen molar-refractivity contribution in [1.82, 2.24) is 5.32 Å². The van der Waals surface area contributed by atoms with Gasteiger partial charge in [-0.3, -0.25) is 0 Å². The van der Waals surface area contributed by atoms with Gasteiger partial charge in [-0.15, -0.1) is 0 Å². The maximum absolute atomic E-state index is 12.4. The molecule has 2 atom stereocenters. The quantitative estimate of drug-likeness (QED) is 0.708. The lowest BCUT2D eigenvalue weighted by atomic mass is 10.1. The zero-order chi connectivity index (χ0) is 10.6. The predicted molar refractivity (Wildman–Crippen MR) is 45.8 cm³/mol. The van der Waals surface area contributed by atoms with Gasteiger partial charge >= 0.3 is 6.18 Å². The molecule has 0 spiro atoms. The third-order valence-electron chi connectivity index (χ3n) is 2.53. The van der Waals surface area contributed by atoms with Crippen molar-refractivity contribution in [1.29, 1.82) is 0 Å². The number of nitrogens with one attached hydrogen (secondary N) is 1. The van der Waals surface area contributed by atoms with Gasteiger partial charge in [-0.05, 0) is 38.6 Å². The van der Waals surface area contributed by atoms with E-state index < -0.39 is 18.8 Å². The smallest absolute Gasteiger partial charge is 0.314 e. The zero-order valence-electron chi connectivity index (χ0n) is 7.91. The first-order valence-corrected chi connectivity index (χ1v) is 4.94. The molecule has 0 aliphatic carbocycles. The van der Waals surface area contributed by atoms with Gasteiger partial charge in [0.15, 0.2) is 6.17 Å². The van der Waals surface area contributed by atoms with E-state index in [0.717, 1.165) is 19.4 Å². The molecular formula is C9H15F4N. The van der Waals surface area contributed by atoms with Gasteiger partial charge in [-0.1, -0.05) is 0 Å². The van der Waals surface area contributed by atoms with Crippen molar-refractivity contribution in [2.24, 2.45) is 0 Å². The van der Waals surface area contributed by atoms with Gasteiger partial charge in [0.1, 0.15) is 0 Å². The molecule has 5 heteroatoms. The second kappa shape index (κ2) is 4.96. The van der Waals surface area contributed by atoms with E-state index in [0.29, 0.717) is 18.9 Å². The van der Waals surface area contributed by atoms with Crippen molar-refractivity contribution in [3.8, 4) is 0 Å². The van der Waals surface area contributed by atoms with Crippen LogP contribution >= 0.6 is 0 Å². The molecule has 84 valence electrons. The fourth-order valence-electron chi connectivity index (χ4n) is 1.71. The van der Waals surface area contributed by atoms with Crippen LogP contribution in [0.15, 0.2) is 0 Å². The van der Waals surface area contributed by atoms with Crippen LogP contribution in [0, 0.1) is 0 Å². The summed E-state index contributed by atoms with van der Waals surface area (Å²) in [6.07, 6.45) is -4.70. The second-order valence-corrected chi connectivity index (χ2v) is 3.73. The predicted octanol–water partition coefficient (Wildman–Crippen LogP) is 2.81. The minimum Gasteiger partial charge on any atom is -0.314 e. The van der Waals surface area contributed by atoms with Crippen LogP contribution in [0.3, 0.4) is 0 Å². The molecule has 1 N–H and O–H groups in total. The number of hydrogen-bond donors (Lipinski definition) is 1. The average Bonchev–Trinajstić information content (AvgIpc) is 2.55. The molecule has 0 bridgehead atoms. The van der Waals surface area contributed by atoms with Crippen LogP contribution in [-0.2, 0) is 0 Å². The molecule has 1 fully saturated rings. The molecule has 1 rings (SSSR count). The van der Waals surface area contributed by atoms with Crippen LogP contribution in [0.25, 0.3) is 0 Å². The molecule has 0 aromatic rings. The number of hydrogen-bond acceptors (Lipinski definition) is 1. The first kappa shape index (κ1) is 11.8. The maximum Gasteiger partial charge on any atom is 0.419 e. The monoisotopic (exact) mass is 213 g/mol. The molecule has 0 amide bonds. The van der Waals surface area contributed by atoms with Gasteiger partial charge in [0.05, 0.1) is 0 Å². The summed E-state index contributed by atoms with van der Waals surface area (Å²) in [5.74, 6) is 0.